The first-order valence-electron chi connectivity index (χ1n) is 17.1. The van der Waals surface area contributed by atoms with Crippen LogP contribution in [0.15, 0.2) is 93.5 Å². The monoisotopic (exact) mass is 753 g/mol. The molecule has 0 saturated carbocycles. The summed E-state index contributed by atoms with van der Waals surface area (Å²) in [7, 11) is -2.60. The molecule has 16 heteroatoms. The summed E-state index contributed by atoms with van der Waals surface area (Å²) in [6, 6.07) is 22.4. The third-order valence-electron chi connectivity index (χ3n) is 9.28. The Bertz CT molecular complexity index is 2400. The van der Waals surface area contributed by atoms with Gasteiger partial charge in [-0.15, -0.1) is 5.10 Å². The number of nitrogens with two attached hydrogens (primary N) is 1. The minimum Gasteiger partial charge on any atom is -0.496 e. The van der Waals surface area contributed by atoms with Crippen molar-refractivity contribution in [3.63, 3.8) is 0 Å². The number of benzene rings is 4. The number of carbonyl (C=O) groups is 2. The zero-order chi connectivity index (χ0) is 38.6. The quantitative estimate of drug-likeness (QED) is 0.0726. The highest BCUT2D eigenvalue weighted by Gasteiger charge is 2.31. The van der Waals surface area contributed by atoms with Crippen molar-refractivity contribution < 1.29 is 32.3 Å². The van der Waals surface area contributed by atoms with E-state index < -0.39 is 33.7 Å². The highest BCUT2D eigenvalue weighted by molar-refractivity contribution is 7.90. The standard InChI is InChI=1S/C38H39N7O8S/c1-22-20-33(51-4)23(2)24(3)34(22)54(49,50)43-37(39)40-19-11-18-32(36(47)53-45-35(46)29-16-9-10-17-31(29)42-44-45)41-38(48)52-21-30-27-14-7-5-12-25(27)26-13-6-8-15-28(26)30/h5-10,12-17,20,30,32H,11,18-19,21H2,1-4H3,(H,41,48)(H3,39,40,43)/t32-/m0/s1. The zero-order valence-electron chi connectivity index (χ0n) is 30.0. The van der Waals surface area contributed by atoms with Crippen LogP contribution in [0.4, 0.5) is 4.79 Å². The van der Waals surface area contributed by atoms with Crippen molar-refractivity contribution in [3.8, 4) is 16.9 Å². The number of fused-ring (bicyclic) bond motifs is 4. The highest BCUT2D eigenvalue weighted by Crippen LogP contribution is 2.44. The maximum Gasteiger partial charge on any atom is 0.407 e. The molecule has 0 unspecified atom stereocenters. The predicted octanol–water partition coefficient (Wildman–Crippen LogP) is 3.66. The number of sulfonamides is 1. The molecule has 1 aromatic heterocycles. The lowest BCUT2D eigenvalue weighted by Gasteiger charge is -2.19. The number of aryl methyl sites for hydroxylation is 1. The summed E-state index contributed by atoms with van der Waals surface area (Å²) < 4.78 is 39.9. The minimum atomic E-state index is -4.11. The predicted molar refractivity (Wildman–Crippen MR) is 201 cm³/mol. The number of methoxy groups -OCH3 is 1. The van der Waals surface area contributed by atoms with Gasteiger partial charge in [-0.3, -0.25) is 9.79 Å². The van der Waals surface area contributed by atoms with Crippen molar-refractivity contribution in [1.29, 1.82) is 0 Å². The van der Waals surface area contributed by atoms with Gasteiger partial charge in [-0.05, 0) is 101 Å². The van der Waals surface area contributed by atoms with Crippen LogP contribution in [0.25, 0.3) is 22.0 Å². The number of nitrogens with zero attached hydrogens (tertiary/aromatic N) is 4. The number of alkyl carbamates (subject to hydrolysis) is 1. The number of aliphatic imine (C=N–C) groups is 1. The van der Waals surface area contributed by atoms with E-state index in [1.807, 2.05) is 48.5 Å². The second-order valence-corrected chi connectivity index (χ2v) is 14.3. The summed E-state index contributed by atoms with van der Waals surface area (Å²) in [5.74, 6) is -1.06. The van der Waals surface area contributed by atoms with Gasteiger partial charge in [0.15, 0.2) is 0 Å². The molecule has 0 spiro atoms. The summed E-state index contributed by atoms with van der Waals surface area (Å²) in [6.07, 6.45) is -0.825. The molecule has 4 aromatic carbocycles. The van der Waals surface area contributed by atoms with Gasteiger partial charge >= 0.3 is 17.6 Å². The van der Waals surface area contributed by atoms with Gasteiger partial charge in [0.05, 0.1) is 17.4 Å². The fraction of sp³-hybridized carbons (Fsp3) is 0.263. The summed E-state index contributed by atoms with van der Waals surface area (Å²) in [5, 5.41) is 10.3. The molecule has 280 valence electrons. The topological polar surface area (TPSA) is 206 Å². The Morgan fingerprint density at radius 3 is 2.30 bits per heavy atom. The van der Waals surface area contributed by atoms with Gasteiger partial charge in [0.2, 0.25) is 5.96 Å². The smallest absolute Gasteiger partial charge is 0.407 e. The molecule has 15 nitrogen and oxygen atoms in total. The van der Waals surface area contributed by atoms with Gasteiger partial charge in [0.1, 0.15) is 23.9 Å². The van der Waals surface area contributed by atoms with Crippen molar-refractivity contribution in [2.24, 2.45) is 10.7 Å². The van der Waals surface area contributed by atoms with Crippen LogP contribution in [-0.2, 0) is 19.6 Å². The van der Waals surface area contributed by atoms with Crippen LogP contribution in [0.2, 0.25) is 0 Å². The molecule has 1 amide bonds. The second kappa shape index (κ2) is 15.8. The first kappa shape index (κ1) is 37.5. The Labute approximate surface area is 311 Å². The lowest BCUT2D eigenvalue weighted by molar-refractivity contribution is -0.149. The lowest BCUT2D eigenvalue weighted by Crippen LogP contribution is -2.47. The fourth-order valence-corrected chi connectivity index (χ4v) is 8.06. The number of aromatic nitrogens is 3. The number of guanidine groups is 1. The minimum absolute atomic E-state index is 0.00905. The van der Waals surface area contributed by atoms with E-state index in [1.54, 1.807) is 45.0 Å². The molecule has 1 aliphatic carbocycles. The summed E-state index contributed by atoms with van der Waals surface area (Å²) in [5.41, 5.74) is 11.3. The van der Waals surface area contributed by atoms with E-state index in [4.69, 9.17) is 20.0 Å². The van der Waals surface area contributed by atoms with Gasteiger partial charge in [0.25, 0.3) is 10.0 Å². The average Bonchev–Trinajstić information content (AvgIpc) is 3.47. The van der Waals surface area contributed by atoms with Crippen molar-refractivity contribution >= 4 is 38.9 Å². The number of amides is 1. The van der Waals surface area contributed by atoms with Gasteiger partial charge in [-0.1, -0.05) is 60.7 Å². The van der Waals surface area contributed by atoms with Gasteiger partial charge < -0.3 is 25.4 Å². The molecule has 0 aliphatic heterocycles. The molecule has 0 fully saturated rings. The van der Waals surface area contributed by atoms with E-state index in [1.165, 1.54) is 13.2 Å². The van der Waals surface area contributed by atoms with Crippen LogP contribution < -0.4 is 30.9 Å². The van der Waals surface area contributed by atoms with Crippen LogP contribution in [0.3, 0.4) is 0 Å². The Kier molecular flexibility index (Phi) is 10.9. The van der Waals surface area contributed by atoms with E-state index in [-0.39, 0.29) is 48.2 Å². The Morgan fingerprint density at radius 1 is 0.963 bits per heavy atom. The molecule has 54 heavy (non-hydrogen) atoms. The van der Waals surface area contributed by atoms with Crippen molar-refractivity contribution in [1.82, 2.24) is 25.2 Å². The number of carbonyl (C=O) groups excluding carboxylic acids is 2. The van der Waals surface area contributed by atoms with Crippen LogP contribution in [0.5, 0.6) is 5.75 Å². The number of ether oxygens (including phenoxy) is 2. The van der Waals surface area contributed by atoms with Gasteiger partial charge in [-0.25, -0.2) is 22.7 Å². The SMILES string of the molecule is COc1cc(C)c(S(=O)(=O)NC(N)=NCCC[C@H](NC(=O)OCC2c3ccccc3-c3ccccc32)C(=O)On2nnc3ccccc3c2=O)c(C)c1C. The first-order chi connectivity index (χ1) is 25.9. The Balaban J connectivity index is 1.15. The third-order valence-corrected chi connectivity index (χ3v) is 10.9. The molecule has 1 heterocycles. The summed E-state index contributed by atoms with van der Waals surface area (Å²) in [6.45, 7) is 5.03. The Morgan fingerprint density at radius 2 is 1.61 bits per heavy atom. The normalized spacial score (nSPS) is 13.1. The van der Waals surface area contributed by atoms with Crippen LogP contribution in [0, 0.1) is 20.8 Å². The van der Waals surface area contributed by atoms with Crippen molar-refractivity contribution in [2.45, 2.75) is 50.5 Å². The molecule has 1 atom stereocenters. The highest BCUT2D eigenvalue weighted by atomic mass is 32.2. The molecule has 6 rings (SSSR count). The van der Waals surface area contributed by atoms with Crippen LogP contribution >= 0.6 is 0 Å². The molecule has 4 N–H and O–H groups in total. The maximum absolute atomic E-state index is 13.5. The van der Waals surface area contributed by atoms with E-state index in [0.717, 1.165) is 22.3 Å². The second-order valence-electron chi connectivity index (χ2n) is 12.7. The van der Waals surface area contributed by atoms with Crippen molar-refractivity contribution in [2.75, 3.05) is 20.3 Å². The molecular formula is C38H39N7O8S. The largest absolute Gasteiger partial charge is 0.496 e. The van der Waals surface area contributed by atoms with E-state index >= 15 is 0 Å². The Hall–Kier alpha value is -6.29. The third kappa shape index (κ3) is 7.73. The summed E-state index contributed by atoms with van der Waals surface area (Å²) in [4.78, 5) is 49.6. The number of nitrogens with one attached hydrogen (secondary N) is 2. The lowest BCUT2D eigenvalue weighted by atomic mass is 9.98. The summed E-state index contributed by atoms with van der Waals surface area (Å²) >= 11 is 0. The zero-order valence-corrected chi connectivity index (χ0v) is 30.8. The average molecular weight is 754 g/mol. The van der Waals surface area contributed by atoms with E-state index in [0.29, 0.717) is 32.8 Å². The molecule has 0 bridgehead atoms. The number of hydrogen-bond donors (Lipinski definition) is 3. The van der Waals surface area contributed by atoms with Gasteiger partial charge in [-0.2, -0.15) is 0 Å². The molecule has 1 aliphatic rings. The molecule has 5 aromatic rings. The van der Waals surface area contributed by atoms with Crippen LogP contribution in [0.1, 0.15) is 46.6 Å². The maximum atomic E-state index is 13.5. The van der Waals surface area contributed by atoms with E-state index in [2.05, 4.69) is 25.3 Å². The molecular weight excluding hydrogens is 715 g/mol. The first-order valence-corrected chi connectivity index (χ1v) is 18.5. The van der Waals surface area contributed by atoms with Gasteiger partial charge in [0, 0.05) is 12.5 Å². The fourth-order valence-electron chi connectivity index (χ4n) is 6.58. The number of rotatable bonds is 12. The van der Waals surface area contributed by atoms with Crippen molar-refractivity contribution in [3.05, 3.63) is 117 Å². The van der Waals surface area contributed by atoms with Crippen LogP contribution in [-0.4, -0.2) is 67.9 Å². The number of hydrogen-bond acceptors (Lipinski definition) is 11. The van der Waals surface area contributed by atoms with E-state index in [9.17, 15) is 22.8 Å². The molecule has 0 radical (unpaired) electrons. The molecule has 0 saturated heterocycles.